The van der Waals surface area contributed by atoms with Gasteiger partial charge in [-0.1, -0.05) is 11.6 Å². The van der Waals surface area contributed by atoms with Crippen LogP contribution >= 0.6 is 11.6 Å². The van der Waals surface area contributed by atoms with Crippen LogP contribution in [-0.2, 0) is 6.54 Å². The van der Waals surface area contributed by atoms with Gasteiger partial charge in [0.15, 0.2) is 0 Å². The summed E-state index contributed by atoms with van der Waals surface area (Å²) in [6.45, 7) is 2.83. The second kappa shape index (κ2) is 5.45. The van der Waals surface area contributed by atoms with Crippen LogP contribution in [0.5, 0.6) is 0 Å². The Morgan fingerprint density at radius 1 is 1.40 bits per heavy atom. The molecule has 0 radical (unpaired) electrons. The molecule has 1 aromatic rings. The van der Waals surface area contributed by atoms with Crippen LogP contribution in [0, 0.1) is 0 Å². The number of hydrogen-bond donors (Lipinski definition) is 2. The third kappa shape index (κ3) is 3.78. The van der Waals surface area contributed by atoms with Crippen LogP contribution in [0.3, 0.4) is 0 Å². The zero-order chi connectivity index (χ0) is 10.5. The van der Waals surface area contributed by atoms with Gasteiger partial charge < -0.3 is 10.6 Å². The summed E-state index contributed by atoms with van der Waals surface area (Å²) in [5.41, 5.74) is 1.11. The first-order valence-electron chi connectivity index (χ1n) is 5.39. The lowest BCUT2D eigenvalue weighted by Crippen LogP contribution is -2.28. The van der Waals surface area contributed by atoms with E-state index in [1.807, 2.05) is 6.07 Å². The fourth-order valence-corrected chi connectivity index (χ4v) is 1.61. The molecule has 2 N–H and O–H groups in total. The largest absolute Gasteiger partial charge is 0.313 e. The van der Waals surface area contributed by atoms with Gasteiger partial charge in [0.25, 0.3) is 0 Å². The number of hydrogen-bond acceptors (Lipinski definition) is 3. The molecule has 1 aromatic heterocycles. The molecule has 0 amide bonds. The van der Waals surface area contributed by atoms with Crippen LogP contribution < -0.4 is 10.6 Å². The summed E-state index contributed by atoms with van der Waals surface area (Å²) in [6.07, 6.45) is 6.14. The number of rotatable bonds is 6. The maximum Gasteiger partial charge on any atom is 0.0634 e. The predicted molar refractivity (Wildman–Crippen MR) is 62.0 cm³/mol. The Bertz CT molecular complexity index is 312. The van der Waals surface area contributed by atoms with Crippen molar-refractivity contribution in [3.05, 3.63) is 29.0 Å². The highest BCUT2D eigenvalue weighted by Gasteiger charge is 2.19. The average Bonchev–Trinajstić information content (AvgIpc) is 3.04. The summed E-state index contributed by atoms with van der Waals surface area (Å²) in [5, 5.41) is 7.54. The summed E-state index contributed by atoms with van der Waals surface area (Å²) in [5.74, 6) is 0. The van der Waals surface area contributed by atoms with E-state index >= 15 is 0 Å². The fraction of sp³-hybridized carbons (Fsp3) is 0.545. The van der Waals surface area contributed by atoms with E-state index < -0.39 is 0 Å². The Balaban J connectivity index is 1.62. The normalized spacial score (nSPS) is 15.5. The lowest BCUT2D eigenvalue weighted by Gasteiger charge is -2.06. The van der Waals surface area contributed by atoms with Crippen molar-refractivity contribution in [1.29, 1.82) is 0 Å². The Kier molecular flexibility index (Phi) is 3.94. The van der Waals surface area contributed by atoms with E-state index in [2.05, 4.69) is 15.6 Å². The highest BCUT2D eigenvalue weighted by molar-refractivity contribution is 6.31. The molecular formula is C11H16ClN3. The average molecular weight is 226 g/mol. The Morgan fingerprint density at radius 3 is 3.00 bits per heavy atom. The van der Waals surface area contributed by atoms with Crippen molar-refractivity contribution in [2.75, 3.05) is 13.1 Å². The van der Waals surface area contributed by atoms with Crippen LogP contribution in [0.2, 0.25) is 5.02 Å². The van der Waals surface area contributed by atoms with E-state index in [4.69, 9.17) is 11.6 Å². The lowest BCUT2D eigenvalue weighted by molar-refractivity contribution is 0.608. The fourth-order valence-electron chi connectivity index (χ4n) is 1.42. The number of halogens is 1. The van der Waals surface area contributed by atoms with Gasteiger partial charge in [-0.2, -0.15) is 0 Å². The van der Waals surface area contributed by atoms with Gasteiger partial charge in [-0.3, -0.25) is 4.98 Å². The molecule has 3 nitrogen and oxygen atoms in total. The van der Waals surface area contributed by atoms with E-state index in [0.717, 1.165) is 36.3 Å². The van der Waals surface area contributed by atoms with Gasteiger partial charge in [-0.05, 0) is 24.5 Å². The monoisotopic (exact) mass is 225 g/mol. The molecule has 1 heterocycles. The highest BCUT2D eigenvalue weighted by atomic mass is 35.5. The molecular weight excluding hydrogens is 210 g/mol. The second-order valence-electron chi connectivity index (χ2n) is 3.87. The van der Waals surface area contributed by atoms with Gasteiger partial charge in [0.1, 0.15) is 0 Å². The molecule has 4 heteroatoms. The standard InChI is InChI=1S/C11H16ClN3/c12-11-8-13-4-3-9(11)7-14-5-6-15-10-1-2-10/h3-4,8,10,14-15H,1-2,5-7H2. The van der Waals surface area contributed by atoms with Crippen molar-refractivity contribution in [2.24, 2.45) is 0 Å². The first-order chi connectivity index (χ1) is 7.36. The van der Waals surface area contributed by atoms with Crippen LogP contribution in [0.15, 0.2) is 18.5 Å². The summed E-state index contributed by atoms with van der Waals surface area (Å²) in [7, 11) is 0. The molecule has 0 bridgehead atoms. The van der Waals surface area contributed by atoms with Crippen molar-refractivity contribution in [2.45, 2.75) is 25.4 Å². The van der Waals surface area contributed by atoms with E-state index in [1.54, 1.807) is 12.4 Å². The van der Waals surface area contributed by atoms with Crippen LogP contribution in [0.25, 0.3) is 0 Å². The number of nitrogens with one attached hydrogen (secondary N) is 2. The number of nitrogens with zero attached hydrogens (tertiary/aromatic N) is 1. The van der Waals surface area contributed by atoms with Crippen LogP contribution in [0.1, 0.15) is 18.4 Å². The molecule has 2 rings (SSSR count). The lowest BCUT2D eigenvalue weighted by atomic mass is 10.2. The van der Waals surface area contributed by atoms with Gasteiger partial charge >= 0.3 is 0 Å². The minimum Gasteiger partial charge on any atom is -0.313 e. The maximum absolute atomic E-state index is 5.98. The number of aromatic nitrogens is 1. The molecule has 0 unspecified atom stereocenters. The number of pyridine rings is 1. The molecule has 82 valence electrons. The Morgan fingerprint density at radius 2 is 2.27 bits per heavy atom. The van der Waals surface area contributed by atoms with Gasteiger partial charge in [0.2, 0.25) is 0 Å². The van der Waals surface area contributed by atoms with Gasteiger partial charge in [0, 0.05) is 38.1 Å². The molecule has 1 fully saturated rings. The molecule has 15 heavy (non-hydrogen) atoms. The first kappa shape index (κ1) is 10.9. The minimum atomic E-state index is 0.736. The molecule has 0 aromatic carbocycles. The maximum atomic E-state index is 5.98. The van der Waals surface area contributed by atoms with E-state index in [0.29, 0.717) is 0 Å². The Labute approximate surface area is 95.2 Å². The van der Waals surface area contributed by atoms with Crippen LogP contribution in [-0.4, -0.2) is 24.1 Å². The van der Waals surface area contributed by atoms with Crippen molar-refractivity contribution in [3.63, 3.8) is 0 Å². The SMILES string of the molecule is Clc1cnccc1CNCCNC1CC1. The summed E-state index contributed by atoms with van der Waals surface area (Å²) < 4.78 is 0. The summed E-state index contributed by atoms with van der Waals surface area (Å²) >= 11 is 5.98. The molecule has 1 saturated carbocycles. The smallest absolute Gasteiger partial charge is 0.0634 e. The molecule has 0 atom stereocenters. The molecule has 1 aliphatic rings. The summed E-state index contributed by atoms with van der Waals surface area (Å²) in [4.78, 5) is 3.95. The first-order valence-corrected chi connectivity index (χ1v) is 5.76. The van der Waals surface area contributed by atoms with E-state index in [-0.39, 0.29) is 0 Å². The van der Waals surface area contributed by atoms with Gasteiger partial charge in [0.05, 0.1) is 5.02 Å². The third-order valence-corrected chi connectivity index (χ3v) is 2.82. The predicted octanol–water partition coefficient (Wildman–Crippen LogP) is 1.58. The van der Waals surface area contributed by atoms with E-state index in [1.165, 1.54) is 12.8 Å². The zero-order valence-electron chi connectivity index (χ0n) is 8.67. The Hall–Kier alpha value is -0.640. The van der Waals surface area contributed by atoms with Crippen molar-refractivity contribution in [3.8, 4) is 0 Å². The quantitative estimate of drug-likeness (QED) is 0.722. The molecule has 1 aliphatic carbocycles. The second-order valence-corrected chi connectivity index (χ2v) is 4.28. The summed E-state index contributed by atoms with van der Waals surface area (Å²) in [6, 6.07) is 2.74. The van der Waals surface area contributed by atoms with Gasteiger partial charge in [-0.15, -0.1) is 0 Å². The molecule has 0 aliphatic heterocycles. The highest BCUT2D eigenvalue weighted by Crippen LogP contribution is 2.17. The van der Waals surface area contributed by atoms with Crippen LogP contribution in [0.4, 0.5) is 0 Å². The minimum absolute atomic E-state index is 0.736. The van der Waals surface area contributed by atoms with Crippen molar-refractivity contribution < 1.29 is 0 Å². The van der Waals surface area contributed by atoms with E-state index in [9.17, 15) is 0 Å². The third-order valence-electron chi connectivity index (χ3n) is 2.48. The zero-order valence-corrected chi connectivity index (χ0v) is 9.43. The van der Waals surface area contributed by atoms with Crippen molar-refractivity contribution in [1.82, 2.24) is 15.6 Å². The molecule has 0 saturated heterocycles. The van der Waals surface area contributed by atoms with Crippen molar-refractivity contribution >= 4 is 11.6 Å². The molecule has 0 spiro atoms. The topological polar surface area (TPSA) is 37.0 Å². The van der Waals surface area contributed by atoms with Gasteiger partial charge in [-0.25, -0.2) is 0 Å².